The number of thioether (sulfide) groups is 4. The van der Waals surface area contributed by atoms with Crippen molar-refractivity contribution in [3.63, 3.8) is 0 Å². The maximum absolute atomic E-state index is 6.57. The average molecular weight is 939 g/mol. The van der Waals surface area contributed by atoms with Crippen molar-refractivity contribution in [2.24, 2.45) is 0 Å². The molecule has 0 aliphatic heterocycles. The Hall–Kier alpha value is 2.71. The predicted octanol–water partition coefficient (Wildman–Crippen LogP) is 17.7. The van der Waals surface area contributed by atoms with Crippen LogP contribution < -0.4 is 0 Å². The van der Waals surface area contributed by atoms with Gasteiger partial charge < -0.3 is 0 Å². The summed E-state index contributed by atoms with van der Waals surface area (Å²) in [5.74, 6) is 3.05. The van der Waals surface area contributed by atoms with E-state index in [1.54, 1.807) is 6.26 Å². The molecule has 0 radical (unpaired) electrons. The van der Waals surface area contributed by atoms with E-state index in [0.29, 0.717) is 9.14 Å². The summed E-state index contributed by atoms with van der Waals surface area (Å²) in [5, 5.41) is 2.82. The lowest BCUT2D eigenvalue weighted by Crippen LogP contribution is -1.90. The van der Waals surface area contributed by atoms with Gasteiger partial charge in [-0.3, -0.25) is 0 Å². The Balaban J connectivity index is 2.42. The summed E-state index contributed by atoms with van der Waals surface area (Å²) in [6.07, 6.45) is 1.77. The molecule has 0 aliphatic rings. The van der Waals surface area contributed by atoms with E-state index < -0.39 is 0 Å². The lowest BCUT2D eigenvalue weighted by atomic mass is 10.3. The maximum Gasteiger partial charge on any atom is 0.0838 e. The van der Waals surface area contributed by atoms with Gasteiger partial charge in [-0.15, -0.1) is 0 Å². The normalized spacial score (nSPS) is 11.0. The first kappa shape index (κ1) is 39.2. The molecule has 3 aromatic carbocycles. The minimum atomic E-state index is -0.0287. The smallest absolute Gasteiger partial charge is 0.0813 e. The third-order valence-corrected chi connectivity index (χ3v) is 16.2. The fourth-order valence-electron chi connectivity index (χ4n) is 2.64. The van der Waals surface area contributed by atoms with Gasteiger partial charge in [0.25, 0.3) is 0 Å². The van der Waals surface area contributed by atoms with Gasteiger partial charge in [0.2, 0.25) is 0 Å². The highest BCUT2D eigenvalue weighted by Gasteiger charge is 2.28. The molecule has 0 nitrogen and oxygen atoms in total. The number of hydrogen-bond acceptors (Lipinski definition) is 4. The molecule has 3 rings (SSSR count). The summed E-state index contributed by atoms with van der Waals surface area (Å²) in [5.41, 5.74) is 0. The van der Waals surface area contributed by atoms with Crippen molar-refractivity contribution in [1.29, 1.82) is 0 Å². The maximum atomic E-state index is 6.57. The van der Waals surface area contributed by atoms with E-state index in [1.807, 2.05) is 0 Å². The number of rotatable bonds is 6. The van der Waals surface area contributed by atoms with E-state index in [-0.39, 0.29) is 90.0 Å². The Kier molecular flexibility index (Phi) is 15.7. The molecule has 0 aliphatic carbocycles. The van der Waals surface area contributed by atoms with Crippen LogP contribution in [-0.2, 0) is 0 Å². The van der Waals surface area contributed by atoms with E-state index >= 15 is 0 Å². The van der Waals surface area contributed by atoms with Crippen LogP contribution in [0.2, 0.25) is 75.3 Å². The molecular weight excluding hydrogens is 936 g/mol. The molecule has 0 bridgehead atoms. The number of hydrogen-bond donors (Lipinski definition) is 0. The highest BCUT2D eigenvalue weighted by molar-refractivity contribution is 8.23. The second-order valence-electron chi connectivity index (χ2n) is 7.05. The van der Waals surface area contributed by atoms with Crippen LogP contribution in [0.4, 0.5) is 0 Å². The quantitative estimate of drug-likeness (QED) is 0.104. The fraction of sp³-hybridized carbons (Fsp3) is 0.0435. The van der Waals surface area contributed by atoms with Gasteiger partial charge in [0.1, 0.15) is 0 Å². The van der Waals surface area contributed by atoms with Gasteiger partial charge in [-0.25, -0.2) is 0 Å². The van der Waals surface area contributed by atoms with Crippen molar-refractivity contribution in [3.8, 4) is 11.2 Å². The van der Waals surface area contributed by atoms with Crippen LogP contribution in [0, 0.1) is 11.2 Å². The van der Waals surface area contributed by atoms with Gasteiger partial charge in [0.05, 0.1) is 99.2 Å². The molecule has 3 aromatic rings. The second-order valence-corrected chi connectivity index (χ2v) is 16.7. The number of halogens is 15. The summed E-state index contributed by atoms with van der Waals surface area (Å²) in [6, 6.07) is 0. The molecule has 0 saturated heterocycles. The number of benzene rings is 3. The van der Waals surface area contributed by atoms with Crippen molar-refractivity contribution in [1.82, 2.24) is 0 Å². The van der Waals surface area contributed by atoms with Crippen molar-refractivity contribution in [2.75, 3.05) is 6.26 Å². The zero-order valence-corrected chi connectivity index (χ0v) is 33.9. The van der Waals surface area contributed by atoms with Crippen molar-refractivity contribution >= 4 is 221 Å². The van der Waals surface area contributed by atoms with Gasteiger partial charge >= 0.3 is 0 Å². The minimum Gasteiger partial charge on any atom is -0.0813 e. The molecule has 0 atom stereocenters. The van der Waals surface area contributed by atoms with E-state index in [4.69, 9.17) is 174 Å². The van der Waals surface area contributed by atoms with Gasteiger partial charge in [-0.2, -0.15) is 0 Å². The van der Waals surface area contributed by atoms with E-state index in [0.717, 1.165) is 35.3 Å². The van der Waals surface area contributed by atoms with Crippen molar-refractivity contribution in [2.45, 2.75) is 14.7 Å². The minimum absolute atomic E-state index is 0.0133. The zero-order valence-electron chi connectivity index (χ0n) is 19.3. The fourth-order valence-corrected chi connectivity index (χ4v) is 10.7. The van der Waals surface area contributed by atoms with E-state index in [1.165, 1.54) is 11.8 Å². The predicted molar refractivity (Wildman–Crippen MR) is 200 cm³/mol. The molecule has 0 amide bonds. The van der Waals surface area contributed by atoms with Crippen LogP contribution in [0.3, 0.4) is 0 Å². The Bertz CT molecular complexity index is 1550. The highest BCUT2D eigenvalue weighted by atomic mass is 35.5. The zero-order chi connectivity index (χ0) is 31.8. The van der Waals surface area contributed by atoms with Crippen LogP contribution >= 0.6 is 221 Å². The first-order valence-corrected chi connectivity index (χ1v) is 19.3. The largest absolute Gasteiger partial charge is 0.0838 e. The third kappa shape index (κ3) is 8.28. The van der Waals surface area contributed by atoms with Crippen LogP contribution in [0.5, 0.6) is 0 Å². The summed E-state index contributed by atoms with van der Waals surface area (Å²) in [6.45, 7) is 0. The molecule has 224 valence electrons. The van der Waals surface area contributed by atoms with Gasteiger partial charge in [-0.05, 0) is 17.4 Å². The van der Waals surface area contributed by atoms with Crippen LogP contribution in [0.15, 0.2) is 23.8 Å². The third-order valence-electron chi connectivity index (χ3n) is 4.55. The topological polar surface area (TPSA) is 0 Å². The summed E-state index contributed by atoms with van der Waals surface area (Å²) < 4.78 is 0.368. The summed E-state index contributed by atoms with van der Waals surface area (Å²) in [4.78, 5) is 1.04. The Labute approximate surface area is 333 Å². The molecule has 0 unspecified atom stereocenters. The molecule has 0 spiro atoms. The lowest BCUT2D eigenvalue weighted by Gasteiger charge is -2.18. The first-order valence-electron chi connectivity index (χ1n) is 9.92. The lowest BCUT2D eigenvalue weighted by molar-refractivity contribution is 1.45. The van der Waals surface area contributed by atoms with Gasteiger partial charge in [-0.1, -0.05) is 221 Å². The molecule has 0 heterocycles. The SMILES string of the molecule is CSC#CC(Sc1c(Cl)c(Cl)c(Cl)c(Cl)c1Cl)=C(Sc1c(Cl)c(Cl)c(Cl)c(Cl)c1Cl)Sc1c(Cl)c(Cl)c(Cl)c(Cl)c1Cl. The molecule has 0 saturated carbocycles. The summed E-state index contributed by atoms with van der Waals surface area (Å²) in [7, 11) is 0. The molecule has 19 heteroatoms. The van der Waals surface area contributed by atoms with Crippen molar-refractivity contribution < 1.29 is 0 Å². The summed E-state index contributed by atoms with van der Waals surface area (Å²) >= 11 is 100. The van der Waals surface area contributed by atoms with E-state index in [9.17, 15) is 0 Å². The molecule has 0 fully saturated rings. The Morgan fingerprint density at radius 2 is 0.619 bits per heavy atom. The van der Waals surface area contributed by atoms with Crippen LogP contribution in [0.25, 0.3) is 0 Å². The first-order chi connectivity index (χ1) is 19.6. The van der Waals surface area contributed by atoms with Gasteiger partial charge in [0, 0.05) is 0 Å². The second kappa shape index (κ2) is 16.9. The Morgan fingerprint density at radius 1 is 0.381 bits per heavy atom. The van der Waals surface area contributed by atoms with E-state index in [2.05, 4.69) is 11.2 Å². The standard InChI is InChI=1S/C23H3Cl15S4/c1-39-3-2-4(40-20-14(33)8(27)5(24)9(28)15(20)34)23(41-21-16(35)10(29)6(25)11(30)17(21)36)42-22-18(37)12(31)7(26)13(32)19(22)38/h1H3. The average Bonchev–Trinajstić information content (AvgIpc) is 2.98. The number of allylic oxidation sites excluding steroid dienone is 1. The van der Waals surface area contributed by atoms with Crippen LogP contribution in [-0.4, -0.2) is 6.26 Å². The Morgan fingerprint density at radius 3 is 0.881 bits per heavy atom. The van der Waals surface area contributed by atoms with Gasteiger partial charge in [0.15, 0.2) is 0 Å². The molecular formula is C23H3Cl15S4. The molecule has 0 N–H and O–H groups in total. The highest BCUT2D eigenvalue weighted by Crippen LogP contribution is 2.58. The molecule has 42 heavy (non-hydrogen) atoms. The van der Waals surface area contributed by atoms with Crippen LogP contribution in [0.1, 0.15) is 0 Å². The monoisotopic (exact) mass is 931 g/mol. The molecule has 0 aromatic heterocycles. The van der Waals surface area contributed by atoms with Crippen molar-refractivity contribution in [3.05, 3.63) is 84.5 Å².